The van der Waals surface area contributed by atoms with E-state index < -0.39 is 72.4 Å². The molecule has 0 bridgehead atoms. The van der Waals surface area contributed by atoms with Gasteiger partial charge in [-0.2, -0.15) is 0 Å². The van der Waals surface area contributed by atoms with Gasteiger partial charge in [0.05, 0.1) is 12.7 Å². The molecule has 15 heteroatoms. The van der Waals surface area contributed by atoms with E-state index in [-0.39, 0.29) is 25.7 Å². The van der Waals surface area contributed by atoms with Crippen molar-refractivity contribution in [1.82, 2.24) is 16.0 Å². The largest absolute Gasteiger partial charge is 0.480 e. The zero-order valence-electron chi connectivity index (χ0n) is 17.4. The normalized spacial score (nSPS) is 15.4. The predicted molar refractivity (Wildman–Crippen MR) is 107 cm³/mol. The number of nitrogens with one attached hydrogen (secondary N) is 3. The third kappa shape index (κ3) is 10.6. The summed E-state index contributed by atoms with van der Waals surface area (Å²) in [6, 6.07) is -5.95. The minimum absolute atomic E-state index is 0.277. The van der Waals surface area contributed by atoms with Crippen LogP contribution in [0, 0.1) is 0 Å². The summed E-state index contributed by atoms with van der Waals surface area (Å²) in [6.45, 7) is 0.394. The van der Waals surface area contributed by atoms with Crippen molar-refractivity contribution in [3.8, 4) is 0 Å². The van der Waals surface area contributed by atoms with Crippen LogP contribution in [0.3, 0.4) is 0 Å². The van der Waals surface area contributed by atoms with E-state index in [1.54, 1.807) is 0 Å². The standard InChI is InChI=1S/C17H30N6O9/c1-7(25)13(17(31)32)23-16(30)10(3-5-12(20)27)22-15(29)9(2-4-11(19)26)21-14(28)8(18)6-24/h7-10,13,24-25H,2-6,18H2,1H3,(H2,19,26)(H2,20,27)(H,21,28)(H,22,29)(H,23,30)(H,31,32). The van der Waals surface area contributed by atoms with E-state index >= 15 is 0 Å². The molecule has 0 aromatic heterocycles. The molecule has 0 spiro atoms. The second-order valence-electron chi connectivity index (χ2n) is 6.99. The molecule has 0 saturated carbocycles. The van der Waals surface area contributed by atoms with Gasteiger partial charge in [-0.25, -0.2) is 4.79 Å². The monoisotopic (exact) mass is 462 g/mol. The number of carbonyl (C=O) groups is 6. The highest BCUT2D eigenvalue weighted by Crippen LogP contribution is 2.04. The lowest BCUT2D eigenvalue weighted by Gasteiger charge is -2.25. The van der Waals surface area contributed by atoms with Crippen LogP contribution in [-0.4, -0.2) is 87.7 Å². The van der Waals surface area contributed by atoms with Gasteiger partial charge < -0.3 is 48.5 Å². The minimum Gasteiger partial charge on any atom is -0.480 e. The number of aliphatic hydroxyl groups is 2. The van der Waals surface area contributed by atoms with Crippen molar-refractivity contribution < 1.29 is 44.1 Å². The third-order valence-electron chi connectivity index (χ3n) is 4.20. The Labute approximate surface area is 183 Å². The fraction of sp³-hybridized carbons (Fsp3) is 0.647. The van der Waals surface area contributed by atoms with Crippen LogP contribution >= 0.6 is 0 Å². The van der Waals surface area contributed by atoms with E-state index in [1.807, 2.05) is 5.32 Å². The number of carbonyl (C=O) groups excluding carboxylic acids is 5. The van der Waals surface area contributed by atoms with Crippen LogP contribution < -0.4 is 33.2 Å². The summed E-state index contributed by atoms with van der Waals surface area (Å²) in [5.41, 5.74) is 15.5. The molecule has 0 rings (SSSR count). The highest BCUT2D eigenvalue weighted by atomic mass is 16.4. The first-order valence-corrected chi connectivity index (χ1v) is 9.55. The van der Waals surface area contributed by atoms with E-state index in [0.29, 0.717) is 0 Å². The van der Waals surface area contributed by atoms with E-state index in [0.717, 1.165) is 6.92 Å². The number of aliphatic carboxylic acids is 1. The SMILES string of the molecule is CC(O)C(NC(=O)C(CCC(N)=O)NC(=O)C(CCC(N)=O)NC(=O)C(N)CO)C(=O)O. The summed E-state index contributed by atoms with van der Waals surface area (Å²) in [7, 11) is 0. The van der Waals surface area contributed by atoms with Gasteiger partial charge >= 0.3 is 5.97 Å². The van der Waals surface area contributed by atoms with Crippen LogP contribution in [0.5, 0.6) is 0 Å². The van der Waals surface area contributed by atoms with Gasteiger partial charge in [0.25, 0.3) is 0 Å². The van der Waals surface area contributed by atoms with Crippen molar-refractivity contribution in [2.45, 2.75) is 62.9 Å². The third-order valence-corrected chi connectivity index (χ3v) is 4.20. The lowest BCUT2D eigenvalue weighted by Crippen LogP contribution is -2.58. The minimum atomic E-state index is -1.71. The fourth-order valence-corrected chi connectivity index (χ4v) is 2.39. The maximum Gasteiger partial charge on any atom is 0.328 e. The first kappa shape index (κ1) is 28.7. The summed E-state index contributed by atoms with van der Waals surface area (Å²) < 4.78 is 0. The molecular formula is C17H30N6O9. The lowest BCUT2D eigenvalue weighted by atomic mass is 10.1. The highest BCUT2D eigenvalue weighted by molar-refractivity contribution is 5.94. The number of hydrogen-bond donors (Lipinski definition) is 9. The maximum absolute atomic E-state index is 12.7. The molecule has 32 heavy (non-hydrogen) atoms. The molecule has 0 aliphatic heterocycles. The maximum atomic E-state index is 12.7. The van der Waals surface area contributed by atoms with Gasteiger partial charge in [0.2, 0.25) is 29.5 Å². The van der Waals surface area contributed by atoms with Crippen molar-refractivity contribution in [3.63, 3.8) is 0 Å². The predicted octanol–water partition coefficient (Wildman–Crippen LogP) is -5.24. The molecule has 0 fully saturated rings. The number of rotatable bonds is 15. The van der Waals surface area contributed by atoms with Crippen molar-refractivity contribution in [1.29, 1.82) is 0 Å². The molecule has 0 aliphatic carbocycles. The summed E-state index contributed by atoms with van der Waals surface area (Å²) in [5, 5.41) is 34.1. The highest BCUT2D eigenvalue weighted by Gasteiger charge is 2.32. The Balaban J connectivity index is 5.57. The molecular weight excluding hydrogens is 432 g/mol. The van der Waals surface area contributed by atoms with E-state index in [2.05, 4.69) is 10.6 Å². The van der Waals surface area contributed by atoms with Gasteiger partial charge in [-0.15, -0.1) is 0 Å². The molecule has 0 aliphatic rings. The molecule has 0 heterocycles. The molecule has 0 aromatic rings. The van der Waals surface area contributed by atoms with Gasteiger partial charge in [-0.1, -0.05) is 0 Å². The summed E-state index contributed by atoms with van der Waals surface area (Å²) >= 11 is 0. The van der Waals surface area contributed by atoms with Crippen LogP contribution in [-0.2, 0) is 28.8 Å². The first-order chi connectivity index (χ1) is 14.8. The van der Waals surface area contributed by atoms with Gasteiger partial charge in [0.1, 0.15) is 18.1 Å². The van der Waals surface area contributed by atoms with E-state index in [4.69, 9.17) is 27.4 Å². The Morgan fingerprint density at radius 2 is 1.22 bits per heavy atom. The number of carboxylic acid groups (broad SMARTS) is 1. The second kappa shape index (κ2) is 13.9. The van der Waals surface area contributed by atoms with Crippen molar-refractivity contribution in [2.75, 3.05) is 6.61 Å². The topological polar surface area (TPSA) is 277 Å². The average Bonchev–Trinajstić information content (AvgIpc) is 2.69. The molecule has 12 N–H and O–H groups in total. The summed E-state index contributed by atoms with van der Waals surface area (Å²) in [5.74, 6) is -6.07. The van der Waals surface area contributed by atoms with Crippen molar-refractivity contribution in [3.05, 3.63) is 0 Å². The number of amides is 5. The molecule has 5 atom stereocenters. The molecule has 5 amide bonds. The van der Waals surface area contributed by atoms with E-state index in [9.17, 15) is 33.9 Å². The first-order valence-electron chi connectivity index (χ1n) is 9.55. The van der Waals surface area contributed by atoms with Crippen LogP contribution in [0.4, 0.5) is 0 Å². The molecule has 15 nitrogen and oxygen atoms in total. The van der Waals surface area contributed by atoms with Crippen LogP contribution in [0.1, 0.15) is 32.6 Å². The number of hydrogen-bond acceptors (Lipinski definition) is 9. The smallest absolute Gasteiger partial charge is 0.328 e. The second-order valence-corrected chi connectivity index (χ2v) is 6.99. The van der Waals surface area contributed by atoms with Crippen LogP contribution in [0.15, 0.2) is 0 Å². The Kier molecular flexibility index (Phi) is 12.5. The summed E-state index contributed by atoms with van der Waals surface area (Å²) in [6.07, 6.45) is -2.77. The molecule has 0 radical (unpaired) electrons. The fourth-order valence-electron chi connectivity index (χ4n) is 2.39. The Morgan fingerprint density at radius 1 is 0.812 bits per heavy atom. The summed E-state index contributed by atoms with van der Waals surface area (Å²) in [4.78, 5) is 70.5. The number of primary amides is 2. The van der Waals surface area contributed by atoms with Crippen molar-refractivity contribution >= 4 is 35.5 Å². The Bertz CT molecular complexity index is 715. The zero-order valence-corrected chi connectivity index (χ0v) is 17.4. The van der Waals surface area contributed by atoms with E-state index in [1.165, 1.54) is 0 Å². The number of aliphatic hydroxyl groups excluding tert-OH is 2. The quantitative estimate of drug-likeness (QED) is 0.111. The average molecular weight is 462 g/mol. The number of nitrogens with two attached hydrogens (primary N) is 3. The zero-order chi connectivity index (χ0) is 25.0. The van der Waals surface area contributed by atoms with Gasteiger partial charge in [-0.3, -0.25) is 24.0 Å². The molecule has 182 valence electrons. The van der Waals surface area contributed by atoms with Gasteiger partial charge in [0.15, 0.2) is 6.04 Å². The Morgan fingerprint density at radius 3 is 1.56 bits per heavy atom. The Hall–Kier alpha value is -3.30. The van der Waals surface area contributed by atoms with Crippen LogP contribution in [0.25, 0.3) is 0 Å². The lowest BCUT2D eigenvalue weighted by molar-refractivity contribution is -0.145. The van der Waals surface area contributed by atoms with Gasteiger partial charge in [-0.05, 0) is 19.8 Å². The molecule has 0 aromatic carbocycles. The van der Waals surface area contributed by atoms with Gasteiger partial charge in [0, 0.05) is 12.8 Å². The van der Waals surface area contributed by atoms with Crippen LogP contribution in [0.2, 0.25) is 0 Å². The molecule has 0 saturated heterocycles. The molecule has 5 unspecified atom stereocenters. The number of carboxylic acids is 1. The van der Waals surface area contributed by atoms with Crippen molar-refractivity contribution in [2.24, 2.45) is 17.2 Å².